The van der Waals surface area contributed by atoms with Crippen LogP contribution in [0.1, 0.15) is 18.5 Å². The molecule has 16 heavy (non-hydrogen) atoms. The molecule has 0 heterocycles. The molecule has 90 valence electrons. The van der Waals surface area contributed by atoms with Gasteiger partial charge in [0, 0.05) is 12.6 Å². The van der Waals surface area contributed by atoms with Crippen LogP contribution in [0.4, 0.5) is 0 Å². The number of nitrogens with one attached hydrogen (secondary N) is 1. The van der Waals surface area contributed by atoms with Crippen LogP contribution in [0, 0.1) is 0 Å². The zero-order valence-corrected chi connectivity index (χ0v) is 10.4. The molecule has 0 spiro atoms. The quantitative estimate of drug-likeness (QED) is 0.797. The van der Waals surface area contributed by atoms with Crippen molar-refractivity contribution in [2.24, 2.45) is 5.73 Å². The summed E-state index contributed by atoms with van der Waals surface area (Å²) in [4.78, 5) is 0.357. The first kappa shape index (κ1) is 13.2. The Balaban J connectivity index is 2.91. The number of sulfone groups is 1. The molecule has 0 saturated heterocycles. The number of hydrogen-bond donors (Lipinski definition) is 2. The minimum absolute atomic E-state index is 0.108. The lowest BCUT2D eigenvalue weighted by atomic mass is 10.1. The third-order valence-corrected chi connectivity index (χ3v) is 4.22. The zero-order chi connectivity index (χ0) is 12.2. The van der Waals surface area contributed by atoms with E-state index in [9.17, 15) is 8.42 Å². The Kier molecular flexibility index (Phi) is 4.46. The van der Waals surface area contributed by atoms with Gasteiger partial charge in [0.15, 0.2) is 9.84 Å². The topological polar surface area (TPSA) is 72.2 Å². The number of likely N-dealkylation sites (N-methyl/N-ethyl adjacent to an activating group) is 1. The molecular weight excluding hydrogens is 224 g/mol. The highest BCUT2D eigenvalue weighted by Gasteiger charge is 2.12. The Hall–Kier alpha value is -0.910. The van der Waals surface area contributed by atoms with Crippen molar-refractivity contribution < 1.29 is 8.42 Å². The monoisotopic (exact) mass is 242 g/mol. The van der Waals surface area contributed by atoms with Crippen LogP contribution in [-0.2, 0) is 9.84 Å². The van der Waals surface area contributed by atoms with Gasteiger partial charge in [-0.25, -0.2) is 8.42 Å². The standard InChI is InChI=1S/C11H18N2O2S/c1-3-16(14,15)10-6-4-9(5-7-10)11(12)8-13-2/h4-7,11,13H,3,8,12H2,1-2H3. The molecule has 1 aromatic rings. The summed E-state index contributed by atoms with van der Waals surface area (Å²) >= 11 is 0. The highest BCUT2D eigenvalue weighted by molar-refractivity contribution is 7.91. The fourth-order valence-corrected chi connectivity index (χ4v) is 2.31. The van der Waals surface area contributed by atoms with Crippen LogP contribution in [0.3, 0.4) is 0 Å². The average molecular weight is 242 g/mol. The Bertz CT molecular complexity index is 426. The van der Waals surface area contributed by atoms with Gasteiger partial charge in [-0.1, -0.05) is 19.1 Å². The average Bonchev–Trinajstić information content (AvgIpc) is 2.29. The summed E-state index contributed by atoms with van der Waals surface area (Å²) < 4.78 is 23.1. The lowest BCUT2D eigenvalue weighted by molar-refractivity contribution is 0.597. The van der Waals surface area contributed by atoms with Crippen LogP contribution in [0.25, 0.3) is 0 Å². The fraction of sp³-hybridized carbons (Fsp3) is 0.455. The second-order valence-corrected chi connectivity index (χ2v) is 5.91. The number of rotatable bonds is 5. The summed E-state index contributed by atoms with van der Waals surface area (Å²) in [5, 5.41) is 2.98. The van der Waals surface area contributed by atoms with Crippen LogP contribution in [0.5, 0.6) is 0 Å². The maximum Gasteiger partial charge on any atom is 0.178 e. The molecule has 0 aliphatic carbocycles. The van der Waals surface area contributed by atoms with Crippen LogP contribution in [0.2, 0.25) is 0 Å². The molecule has 0 aliphatic heterocycles. The van der Waals surface area contributed by atoms with Crippen LogP contribution >= 0.6 is 0 Å². The van der Waals surface area contributed by atoms with E-state index >= 15 is 0 Å². The van der Waals surface area contributed by atoms with Crippen molar-refractivity contribution in [1.29, 1.82) is 0 Å². The molecule has 1 aromatic carbocycles. The summed E-state index contributed by atoms with van der Waals surface area (Å²) in [7, 11) is -1.28. The van der Waals surface area contributed by atoms with E-state index in [4.69, 9.17) is 5.73 Å². The predicted molar refractivity (Wildman–Crippen MR) is 65.0 cm³/mol. The van der Waals surface area contributed by atoms with Gasteiger partial charge in [0.1, 0.15) is 0 Å². The smallest absolute Gasteiger partial charge is 0.178 e. The molecular formula is C11H18N2O2S. The highest BCUT2D eigenvalue weighted by Crippen LogP contribution is 2.15. The minimum atomic E-state index is -3.11. The lowest BCUT2D eigenvalue weighted by Gasteiger charge is -2.11. The number of benzene rings is 1. The third-order valence-electron chi connectivity index (χ3n) is 2.47. The van der Waals surface area contributed by atoms with E-state index in [-0.39, 0.29) is 11.8 Å². The van der Waals surface area contributed by atoms with E-state index in [2.05, 4.69) is 5.32 Å². The zero-order valence-electron chi connectivity index (χ0n) is 9.60. The van der Waals surface area contributed by atoms with E-state index in [1.807, 2.05) is 7.05 Å². The van der Waals surface area contributed by atoms with Gasteiger partial charge in [0.05, 0.1) is 10.6 Å². The van der Waals surface area contributed by atoms with Crippen molar-refractivity contribution in [1.82, 2.24) is 5.32 Å². The van der Waals surface area contributed by atoms with Crippen LogP contribution in [-0.4, -0.2) is 27.8 Å². The lowest BCUT2D eigenvalue weighted by Crippen LogP contribution is -2.23. The first-order valence-electron chi connectivity index (χ1n) is 5.24. The normalized spacial score (nSPS) is 13.7. The first-order chi connectivity index (χ1) is 7.51. The molecule has 1 unspecified atom stereocenters. The number of hydrogen-bond acceptors (Lipinski definition) is 4. The molecule has 0 aromatic heterocycles. The van der Waals surface area contributed by atoms with Gasteiger partial charge in [-0.05, 0) is 24.7 Å². The Morgan fingerprint density at radius 1 is 1.31 bits per heavy atom. The van der Waals surface area contributed by atoms with Gasteiger partial charge in [-0.3, -0.25) is 0 Å². The van der Waals surface area contributed by atoms with Crippen molar-refractivity contribution in [3.05, 3.63) is 29.8 Å². The van der Waals surface area contributed by atoms with Crippen molar-refractivity contribution in [2.45, 2.75) is 17.9 Å². The predicted octanol–water partition coefficient (Wildman–Crippen LogP) is 0.699. The molecule has 0 saturated carbocycles. The summed E-state index contributed by atoms with van der Waals surface area (Å²) in [6, 6.07) is 6.66. The van der Waals surface area contributed by atoms with Crippen LogP contribution < -0.4 is 11.1 Å². The Morgan fingerprint density at radius 3 is 2.31 bits per heavy atom. The number of nitrogens with two attached hydrogens (primary N) is 1. The summed E-state index contributed by atoms with van der Waals surface area (Å²) in [6.45, 7) is 2.30. The van der Waals surface area contributed by atoms with Crippen molar-refractivity contribution in [2.75, 3.05) is 19.3 Å². The van der Waals surface area contributed by atoms with Crippen LogP contribution in [0.15, 0.2) is 29.2 Å². The molecule has 0 radical (unpaired) electrons. The van der Waals surface area contributed by atoms with Gasteiger partial charge >= 0.3 is 0 Å². The molecule has 5 heteroatoms. The third kappa shape index (κ3) is 3.04. The molecule has 0 aliphatic rings. The van der Waals surface area contributed by atoms with Crippen molar-refractivity contribution in [3.8, 4) is 0 Å². The van der Waals surface area contributed by atoms with E-state index in [0.717, 1.165) is 5.56 Å². The maximum absolute atomic E-state index is 11.6. The van der Waals surface area contributed by atoms with E-state index < -0.39 is 9.84 Å². The maximum atomic E-state index is 11.6. The van der Waals surface area contributed by atoms with Gasteiger partial charge in [-0.2, -0.15) is 0 Å². The van der Waals surface area contributed by atoms with Crippen molar-refractivity contribution >= 4 is 9.84 Å². The molecule has 0 fully saturated rings. The Labute approximate surface area is 96.8 Å². The Morgan fingerprint density at radius 2 is 1.88 bits per heavy atom. The minimum Gasteiger partial charge on any atom is -0.323 e. The second kappa shape index (κ2) is 5.43. The second-order valence-electron chi connectivity index (χ2n) is 3.64. The van der Waals surface area contributed by atoms with Crippen molar-refractivity contribution in [3.63, 3.8) is 0 Å². The summed E-state index contributed by atoms with van der Waals surface area (Å²) in [5.74, 6) is 0.120. The first-order valence-corrected chi connectivity index (χ1v) is 6.89. The van der Waals surface area contributed by atoms with E-state index in [1.165, 1.54) is 0 Å². The summed E-state index contributed by atoms with van der Waals surface area (Å²) in [5.41, 5.74) is 6.82. The largest absolute Gasteiger partial charge is 0.323 e. The summed E-state index contributed by atoms with van der Waals surface area (Å²) in [6.07, 6.45) is 0. The van der Waals surface area contributed by atoms with Gasteiger partial charge in [-0.15, -0.1) is 0 Å². The molecule has 0 amide bonds. The van der Waals surface area contributed by atoms with E-state index in [0.29, 0.717) is 11.4 Å². The van der Waals surface area contributed by atoms with Gasteiger partial charge < -0.3 is 11.1 Å². The van der Waals surface area contributed by atoms with E-state index in [1.54, 1.807) is 31.2 Å². The SMILES string of the molecule is CCS(=O)(=O)c1ccc(C(N)CNC)cc1. The fourth-order valence-electron chi connectivity index (χ4n) is 1.43. The molecule has 1 rings (SSSR count). The molecule has 3 N–H and O–H groups in total. The molecule has 1 atom stereocenters. The van der Waals surface area contributed by atoms with Gasteiger partial charge in [0.25, 0.3) is 0 Å². The highest BCUT2D eigenvalue weighted by atomic mass is 32.2. The van der Waals surface area contributed by atoms with Gasteiger partial charge in [0.2, 0.25) is 0 Å². The molecule has 4 nitrogen and oxygen atoms in total. The molecule has 0 bridgehead atoms.